The van der Waals surface area contributed by atoms with Gasteiger partial charge in [0, 0.05) is 23.0 Å². The molecule has 7 nitrogen and oxygen atoms in total. The van der Waals surface area contributed by atoms with Crippen molar-refractivity contribution in [2.45, 2.75) is 20.8 Å². The first-order valence-electron chi connectivity index (χ1n) is 10.6. The summed E-state index contributed by atoms with van der Waals surface area (Å²) in [5.41, 5.74) is 1.42. The van der Waals surface area contributed by atoms with Crippen molar-refractivity contribution in [2.24, 2.45) is 0 Å². The van der Waals surface area contributed by atoms with E-state index in [9.17, 15) is 9.59 Å². The maximum Gasteiger partial charge on any atom is 0.255 e. The van der Waals surface area contributed by atoms with Crippen LogP contribution in [0.15, 0.2) is 102 Å². The predicted molar refractivity (Wildman–Crippen MR) is 139 cm³/mol. The van der Waals surface area contributed by atoms with Crippen molar-refractivity contribution in [1.29, 1.82) is 0 Å². The zero-order chi connectivity index (χ0) is 25.3. The molecule has 1 rings (SSSR count). The Labute approximate surface area is 206 Å². The smallest absolute Gasteiger partial charge is 0.255 e. The molecule has 2 amide bonds. The Kier molecular flexibility index (Phi) is 13.1. The summed E-state index contributed by atoms with van der Waals surface area (Å²) in [6.45, 7) is 9.44. The molecule has 0 spiro atoms. The van der Waals surface area contributed by atoms with E-state index in [1.807, 2.05) is 26.0 Å². The topological polar surface area (TPSA) is 88.7 Å². The minimum absolute atomic E-state index is 0.0884. The van der Waals surface area contributed by atoms with E-state index in [1.165, 1.54) is 25.5 Å². The predicted octanol–water partition coefficient (Wildman–Crippen LogP) is 4.41. The van der Waals surface area contributed by atoms with E-state index in [1.54, 1.807) is 49.4 Å². The summed E-state index contributed by atoms with van der Waals surface area (Å²) in [5.74, 6) is 0.142. The number of hydrogen-bond donors (Lipinski definition) is 3. The molecule has 8 heteroatoms. The summed E-state index contributed by atoms with van der Waals surface area (Å²) in [4.78, 5) is 24.9. The number of thiocarbonyl (C=S) groups is 1. The molecule has 0 unspecified atom stereocenters. The van der Waals surface area contributed by atoms with Gasteiger partial charge in [-0.15, -0.1) is 0 Å². The number of hydrogen-bond acceptors (Lipinski definition) is 5. The van der Waals surface area contributed by atoms with Crippen LogP contribution in [0, 0.1) is 0 Å². The highest BCUT2D eigenvalue weighted by Crippen LogP contribution is 2.12. The molecule has 0 aliphatic heterocycles. The first-order chi connectivity index (χ1) is 16.4. The highest BCUT2D eigenvalue weighted by atomic mass is 32.1. The summed E-state index contributed by atoms with van der Waals surface area (Å²) < 4.78 is 10.7. The van der Waals surface area contributed by atoms with E-state index < -0.39 is 5.91 Å². The second-order valence-electron chi connectivity index (χ2n) is 6.63. The van der Waals surface area contributed by atoms with Crippen LogP contribution in [-0.4, -0.2) is 30.6 Å². The minimum Gasteiger partial charge on any atom is -0.493 e. The van der Waals surface area contributed by atoms with Crippen molar-refractivity contribution in [3.63, 3.8) is 0 Å². The van der Waals surface area contributed by atoms with Crippen molar-refractivity contribution >= 4 is 29.1 Å². The van der Waals surface area contributed by atoms with Crippen molar-refractivity contribution in [3.8, 4) is 0 Å². The van der Waals surface area contributed by atoms with Crippen LogP contribution < -0.4 is 16.0 Å². The number of carbonyl (C=O) groups excluding carboxylic acids is 2. The molecule has 3 N–H and O–H groups in total. The molecule has 0 aliphatic rings. The molecule has 0 aliphatic carbocycles. The molecule has 0 heterocycles. The third kappa shape index (κ3) is 10.1. The number of rotatable bonds is 11. The van der Waals surface area contributed by atoms with Gasteiger partial charge in [0.05, 0.1) is 13.7 Å². The molecule has 34 heavy (non-hydrogen) atoms. The van der Waals surface area contributed by atoms with Crippen LogP contribution in [0.2, 0.25) is 0 Å². The second-order valence-corrected chi connectivity index (χ2v) is 7.03. The van der Waals surface area contributed by atoms with Crippen molar-refractivity contribution in [1.82, 2.24) is 16.0 Å². The zero-order valence-corrected chi connectivity index (χ0v) is 20.7. The lowest BCUT2D eigenvalue weighted by atomic mass is 10.2. The summed E-state index contributed by atoms with van der Waals surface area (Å²) in [6, 6.07) is 8.87. The summed E-state index contributed by atoms with van der Waals surface area (Å²) in [6.07, 6.45) is 11.6. The van der Waals surface area contributed by atoms with Gasteiger partial charge < -0.3 is 20.1 Å². The van der Waals surface area contributed by atoms with Crippen LogP contribution >= 0.6 is 12.2 Å². The van der Waals surface area contributed by atoms with Gasteiger partial charge in [-0.1, -0.05) is 36.9 Å². The number of ether oxygens (including phenoxy) is 2. The lowest BCUT2D eigenvalue weighted by molar-refractivity contribution is -0.116. The number of methoxy groups -OCH3 is 1. The van der Waals surface area contributed by atoms with E-state index in [0.29, 0.717) is 35.0 Å². The van der Waals surface area contributed by atoms with Gasteiger partial charge in [0.2, 0.25) is 0 Å². The number of allylic oxidation sites excluding steroid dienone is 6. The fourth-order valence-corrected chi connectivity index (χ4v) is 2.62. The highest BCUT2D eigenvalue weighted by Gasteiger charge is 2.10. The van der Waals surface area contributed by atoms with Gasteiger partial charge in [-0.05, 0) is 69.4 Å². The van der Waals surface area contributed by atoms with Crippen molar-refractivity contribution in [2.75, 3.05) is 13.7 Å². The molecular weight excluding hydrogens is 450 g/mol. The third-order valence-electron chi connectivity index (χ3n) is 4.12. The monoisotopic (exact) mass is 481 g/mol. The average molecular weight is 482 g/mol. The summed E-state index contributed by atoms with van der Waals surface area (Å²) in [5, 5.41) is 8.29. The van der Waals surface area contributed by atoms with E-state index in [-0.39, 0.29) is 11.0 Å². The molecule has 180 valence electrons. The van der Waals surface area contributed by atoms with Crippen LogP contribution in [0.4, 0.5) is 0 Å². The van der Waals surface area contributed by atoms with Crippen LogP contribution in [-0.2, 0) is 14.3 Å². The lowest BCUT2D eigenvalue weighted by Crippen LogP contribution is -2.37. The molecule has 0 radical (unpaired) electrons. The number of nitrogens with one attached hydrogen (secondary N) is 3. The van der Waals surface area contributed by atoms with Gasteiger partial charge in [-0.2, -0.15) is 0 Å². The summed E-state index contributed by atoms with van der Waals surface area (Å²) in [7, 11) is 1.48. The first kappa shape index (κ1) is 28.1. The molecule has 0 fully saturated rings. The van der Waals surface area contributed by atoms with Gasteiger partial charge in [-0.3, -0.25) is 14.9 Å². The highest BCUT2D eigenvalue weighted by molar-refractivity contribution is 7.80. The number of carbonyl (C=O) groups is 2. The maximum absolute atomic E-state index is 12.5. The molecule has 0 bridgehead atoms. The van der Waals surface area contributed by atoms with Crippen LogP contribution in [0.1, 0.15) is 31.1 Å². The lowest BCUT2D eigenvalue weighted by Gasteiger charge is -2.11. The Bertz CT molecular complexity index is 1020. The van der Waals surface area contributed by atoms with Gasteiger partial charge in [0.25, 0.3) is 11.8 Å². The summed E-state index contributed by atoms with van der Waals surface area (Å²) >= 11 is 5.18. The third-order valence-corrected chi connectivity index (χ3v) is 4.34. The molecular formula is C26H31N3O4S. The van der Waals surface area contributed by atoms with Gasteiger partial charge in [-0.25, -0.2) is 0 Å². The molecule has 0 saturated heterocycles. The van der Waals surface area contributed by atoms with Gasteiger partial charge in [0.15, 0.2) is 16.6 Å². The Morgan fingerprint density at radius 2 is 1.85 bits per heavy atom. The quantitative estimate of drug-likeness (QED) is 0.188. The van der Waals surface area contributed by atoms with E-state index in [0.717, 1.165) is 0 Å². The largest absolute Gasteiger partial charge is 0.493 e. The van der Waals surface area contributed by atoms with Crippen LogP contribution in [0.5, 0.6) is 0 Å². The fraction of sp³-hybridized carbons (Fsp3) is 0.192. The van der Waals surface area contributed by atoms with Crippen LogP contribution in [0.3, 0.4) is 0 Å². The Hall–Kier alpha value is -3.91. The maximum atomic E-state index is 12.5. The molecule has 1 aromatic carbocycles. The Morgan fingerprint density at radius 3 is 2.44 bits per heavy atom. The van der Waals surface area contributed by atoms with E-state index in [2.05, 4.69) is 22.5 Å². The van der Waals surface area contributed by atoms with Gasteiger partial charge >= 0.3 is 0 Å². The average Bonchev–Trinajstić information content (AvgIpc) is 2.84. The number of benzene rings is 1. The van der Waals surface area contributed by atoms with E-state index >= 15 is 0 Å². The molecule has 1 aromatic rings. The SMILES string of the molecule is C=C/C(OCC)=C(\C=C(/C)C(=O)NC(=S)N/C=C/C(=C\C=C/C)NC(=O)c1ccccc1)OC. The second kappa shape index (κ2) is 15.8. The normalized spacial score (nSPS) is 12.7. The molecule has 0 aromatic heterocycles. The minimum atomic E-state index is -0.414. The molecule has 0 atom stereocenters. The van der Waals surface area contributed by atoms with Crippen LogP contribution in [0.25, 0.3) is 0 Å². The molecule has 0 saturated carbocycles. The number of amides is 2. The fourth-order valence-electron chi connectivity index (χ4n) is 2.46. The van der Waals surface area contributed by atoms with Crippen molar-refractivity contribution in [3.05, 3.63) is 108 Å². The Balaban J connectivity index is 2.80. The first-order valence-corrected chi connectivity index (χ1v) is 11.0. The zero-order valence-electron chi connectivity index (χ0n) is 19.9. The van der Waals surface area contributed by atoms with Gasteiger partial charge in [0.1, 0.15) is 0 Å². The standard InChI is InChI=1S/C26H31N3O4S/c1-6-9-15-21(28-25(31)20-13-11-10-12-14-20)16-17-27-26(34)29-24(30)19(4)18-23(32-5)22(7-2)33-8-3/h6-7,9-18H,2,8H2,1,3-5H3,(H,28,31)(H2,27,29,30,34)/b9-6-,17-16+,19-18+,21-15+,23-22-. The van der Waals surface area contributed by atoms with E-state index in [4.69, 9.17) is 21.7 Å². The van der Waals surface area contributed by atoms with Crippen molar-refractivity contribution < 1.29 is 19.1 Å². The Morgan fingerprint density at radius 1 is 1.15 bits per heavy atom.